The first-order valence-corrected chi connectivity index (χ1v) is 17.8. The quantitative estimate of drug-likeness (QED) is 0.107. The van der Waals surface area contributed by atoms with Crippen LogP contribution in [0.2, 0.25) is 0 Å². The van der Waals surface area contributed by atoms with Gasteiger partial charge in [-0.05, 0) is 147 Å². The van der Waals surface area contributed by atoms with Crippen LogP contribution in [-0.4, -0.2) is 56.3 Å². The molecule has 48 heavy (non-hydrogen) atoms. The van der Waals surface area contributed by atoms with Crippen LogP contribution >= 0.6 is 0 Å². The Kier molecular flexibility index (Phi) is 11.2. The van der Waals surface area contributed by atoms with Gasteiger partial charge >= 0.3 is 0 Å². The van der Waals surface area contributed by atoms with Gasteiger partial charge < -0.3 is 45.5 Å². The van der Waals surface area contributed by atoms with Gasteiger partial charge in [-0.15, -0.1) is 0 Å². The van der Waals surface area contributed by atoms with Gasteiger partial charge in [0.25, 0.3) is 0 Å². The molecule has 0 radical (unpaired) electrons. The highest BCUT2D eigenvalue weighted by Gasteiger charge is 2.27. The Bertz CT molecular complexity index is 1490. The van der Waals surface area contributed by atoms with Crippen LogP contribution in [0.5, 0.6) is 34.5 Å². The zero-order valence-corrected chi connectivity index (χ0v) is 28.7. The molecule has 3 aromatic rings. The van der Waals surface area contributed by atoms with Crippen molar-refractivity contribution in [2.75, 3.05) is 41.0 Å². The summed E-state index contributed by atoms with van der Waals surface area (Å²) >= 11 is 0. The van der Waals surface area contributed by atoms with E-state index >= 15 is 0 Å². The largest absolute Gasteiger partial charge is 0.504 e. The predicted octanol–water partition coefficient (Wildman–Crippen LogP) is 6.53. The molecule has 0 saturated carbocycles. The number of benzene rings is 3. The standard InChI is InChI=1S/C39H53N3O6/c1-46-37-18-25-12-15-40-31(28(25)21-34(37)43)7-5-4-6-24(8-10-32-29-22-35(44)38(47-2)19-26(29)13-16-41-32)9-11-33-30-23-36(45)39(48-3)20-27(30)14-17-42-33/h18-24,31-33,40-45H,4-17H2,1-3H3. The van der Waals surface area contributed by atoms with E-state index in [2.05, 4.69) is 16.0 Å². The van der Waals surface area contributed by atoms with E-state index in [1.54, 1.807) is 21.3 Å². The second kappa shape index (κ2) is 15.7. The van der Waals surface area contributed by atoms with E-state index in [-0.39, 0.29) is 35.4 Å². The second-order valence-corrected chi connectivity index (χ2v) is 13.7. The van der Waals surface area contributed by atoms with Crippen LogP contribution in [0.25, 0.3) is 0 Å². The lowest BCUT2D eigenvalue weighted by atomic mass is 9.83. The Hall–Kier alpha value is -3.66. The average Bonchev–Trinajstić information content (AvgIpc) is 3.10. The number of phenols is 3. The minimum Gasteiger partial charge on any atom is -0.504 e. The highest BCUT2D eigenvalue weighted by atomic mass is 16.5. The monoisotopic (exact) mass is 659 g/mol. The molecule has 3 unspecified atom stereocenters. The van der Waals surface area contributed by atoms with Crippen LogP contribution < -0.4 is 30.2 Å². The van der Waals surface area contributed by atoms with Crippen molar-refractivity contribution in [3.63, 3.8) is 0 Å². The molecule has 3 aromatic carbocycles. The number of aromatic hydroxyl groups is 3. The normalized spacial score (nSPS) is 20.7. The summed E-state index contributed by atoms with van der Waals surface area (Å²) in [6.45, 7) is 2.77. The lowest BCUT2D eigenvalue weighted by molar-refractivity contribution is 0.320. The van der Waals surface area contributed by atoms with Gasteiger partial charge in [0.15, 0.2) is 34.5 Å². The molecule has 9 heteroatoms. The maximum atomic E-state index is 10.6. The van der Waals surface area contributed by atoms with Gasteiger partial charge in [0.05, 0.1) is 21.3 Å². The number of nitrogens with one attached hydrogen (secondary N) is 3. The molecule has 3 atom stereocenters. The first-order chi connectivity index (χ1) is 23.4. The van der Waals surface area contributed by atoms with Crippen LogP contribution in [0.1, 0.15) is 103 Å². The Labute approximate surface area is 285 Å². The summed E-state index contributed by atoms with van der Waals surface area (Å²) in [5, 5.41) is 42.7. The highest BCUT2D eigenvalue weighted by molar-refractivity contribution is 5.50. The van der Waals surface area contributed by atoms with E-state index in [1.807, 2.05) is 36.4 Å². The molecule has 0 fully saturated rings. The molecule has 3 aliphatic rings. The summed E-state index contributed by atoms with van der Waals surface area (Å²) in [4.78, 5) is 0. The fourth-order valence-electron chi connectivity index (χ4n) is 8.26. The van der Waals surface area contributed by atoms with Crippen LogP contribution in [-0.2, 0) is 19.3 Å². The molecular weight excluding hydrogens is 606 g/mol. The second-order valence-electron chi connectivity index (χ2n) is 13.7. The van der Waals surface area contributed by atoms with Crippen molar-refractivity contribution in [1.82, 2.24) is 16.0 Å². The molecule has 9 nitrogen and oxygen atoms in total. The van der Waals surface area contributed by atoms with E-state index in [0.29, 0.717) is 23.2 Å². The fourth-order valence-corrected chi connectivity index (χ4v) is 8.26. The van der Waals surface area contributed by atoms with Crippen LogP contribution in [0, 0.1) is 5.92 Å². The van der Waals surface area contributed by atoms with E-state index in [9.17, 15) is 15.3 Å². The molecule has 0 bridgehead atoms. The summed E-state index contributed by atoms with van der Waals surface area (Å²) in [6.07, 6.45) is 11.4. The Morgan fingerprint density at radius 1 is 0.542 bits per heavy atom. The molecule has 3 aliphatic heterocycles. The highest BCUT2D eigenvalue weighted by Crippen LogP contribution is 2.40. The number of methoxy groups -OCH3 is 3. The summed E-state index contributed by atoms with van der Waals surface area (Å²) < 4.78 is 16.1. The predicted molar refractivity (Wildman–Crippen MR) is 188 cm³/mol. The minimum absolute atomic E-state index is 0.202. The van der Waals surface area contributed by atoms with E-state index < -0.39 is 0 Å². The van der Waals surface area contributed by atoms with Crippen molar-refractivity contribution >= 4 is 0 Å². The topological polar surface area (TPSA) is 124 Å². The number of unbranched alkanes of at least 4 members (excludes halogenated alkanes) is 1. The van der Waals surface area contributed by atoms with Crippen molar-refractivity contribution < 1.29 is 29.5 Å². The Balaban J connectivity index is 1.12. The fraction of sp³-hybridized carbons (Fsp3) is 0.538. The molecule has 0 spiro atoms. The average molecular weight is 660 g/mol. The zero-order chi connectivity index (χ0) is 33.6. The third kappa shape index (κ3) is 7.64. The van der Waals surface area contributed by atoms with Gasteiger partial charge in [-0.3, -0.25) is 0 Å². The number of fused-ring (bicyclic) bond motifs is 3. The molecule has 6 N–H and O–H groups in total. The Morgan fingerprint density at radius 3 is 1.29 bits per heavy atom. The van der Waals surface area contributed by atoms with E-state index in [0.717, 1.165) is 90.3 Å². The summed E-state index contributed by atoms with van der Waals surface area (Å²) in [5.41, 5.74) is 7.35. The molecule has 0 aliphatic carbocycles. The van der Waals surface area contributed by atoms with Gasteiger partial charge in [0.1, 0.15) is 0 Å². The van der Waals surface area contributed by atoms with Gasteiger partial charge in [0, 0.05) is 18.1 Å². The summed E-state index contributed by atoms with van der Waals surface area (Å²) in [5.74, 6) is 2.79. The lowest BCUT2D eigenvalue weighted by Gasteiger charge is -2.31. The number of phenolic OH excluding ortho intramolecular Hbond substituents is 3. The maximum Gasteiger partial charge on any atom is 0.160 e. The first kappa shape index (κ1) is 34.2. The van der Waals surface area contributed by atoms with Crippen LogP contribution in [0.3, 0.4) is 0 Å². The van der Waals surface area contributed by atoms with Crippen molar-refractivity contribution in [3.8, 4) is 34.5 Å². The molecule has 6 rings (SSSR count). The summed E-state index contributed by atoms with van der Waals surface area (Å²) in [6, 6.07) is 12.3. The minimum atomic E-state index is 0.202. The third-order valence-electron chi connectivity index (χ3n) is 10.9. The van der Waals surface area contributed by atoms with Crippen molar-refractivity contribution in [1.29, 1.82) is 0 Å². The Morgan fingerprint density at radius 2 is 0.917 bits per heavy atom. The van der Waals surface area contributed by atoms with Crippen molar-refractivity contribution in [2.45, 2.75) is 88.8 Å². The van der Waals surface area contributed by atoms with Crippen molar-refractivity contribution in [2.24, 2.45) is 5.92 Å². The smallest absolute Gasteiger partial charge is 0.160 e. The third-order valence-corrected chi connectivity index (χ3v) is 10.9. The molecule has 0 aromatic heterocycles. The van der Waals surface area contributed by atoms with Gasteiger partial charge in [-0.25, -0.2) is 0 Å². The SMILES string of the molecule is COc1cc2c(cc1O)C(CCCCC(CCC1NCCc3cc(OC)c(O)cc31)CCC1NCCc3cc(OC)c(O)cc31)NCC2. The van der Waals surface area contributed by atoms with Gasteiger partial charge in [-0.1, -0.05) is 19.3 Å². The van der Waals surface area contributed by atoms with Crippen molar-refractivity contribution in [3.05, 3.63) is 69.8 Å². The van der Waals surface area contributed by atoms with E-state index in [4.69, 9.17) is 14.2 Å². The number of hydrogen-bond acceptors (Lipinski definition) is 9. The zero-order valence-electron chi connectivity index (χ0n) is 28.7. The van der Waals surface area contributed by atoms with Crippen LogP contribution in [0.4, 0.5) is 0 Å². The van der Waals surface area contributed by atoms with Gasteiger partial charge in [0.2, 0.25) is 0 Å². The number of ether oxygens (including phenoxy) is 3. The lowest BCUT2D eigenvalue weighted by Crippen LogP contribution is -2.31. The molecular formula is C39H53N3O6. The maximum absolute atomic E-state index is 10.6. The molecule has 0 amide bonds. The summed E-state index contributed by atoms with van der Waals surface area (Å²) in [7, 11) is 4.81. The van der Waals surface area contributed by atoms with Crippen LogP contribution in [0.15, 0.2) is 36.4 Å². The first-order valence-electron chi connectivity index (χ1n) is 17.8. The number of hydrogen-bond donors (Lipinski definition) is 6. The molecule has 0 saturated heterocycles. The molecule has 260 valence electrons. The van der Waals surface area contributed by atoms with Gasteiger partial charge in [-0.2, -0.15) is 0 Å². The van der Waals surface area contributed by atoms with E-state index in [1.165, 1.54) is 33.4 Å². The molecule has 3 heterocycles. The number of rotatable bonds is 14.